The van der Waals surface area contributed by atoms with Crippen molar-refractivity contribution in [2.75, 3.05) is 0 Å². The van der Waals surface area contributed by atoms with E-state index in [4.69, 9.17) is 5.73 Å². The number of urea groups is 1. The SMILES string of the molecule is NC(=O)NN=Cc1ccccc1-c1ccccc1C(=O)O. The summed E-state index contributed by atoms with van der Waals surface area (Å²) in [5.74, 6) is -1.01. The van der Waals surface area contributed by atoms with Crippen LogP contribution in [0.2, 0.25) is 0 Å². The summed E-state index contributed by atoms with van der Waals surface area (Å²) in [7, 11) is 0. The molecule has 2 aromatic carbocycles. The Morgan fingerprint density at radius 3 is 2.33 bits per heavy atom. The lowest BCUT2D eigenvalue weighted by atomic mass is 9.96. The Kier molecular flexibility index (Phi) is 4.30. The zero-order chi connectivity index (χ0) is 15.2. The molecule has 0 aromatic heterocycles. The highest BCUT2D eigenvalue weighted by atomic mass is 16.4. The second-order valence-corrected chi connectivity index (χ2v) is 4.17. The molecule has 0 spiro atoms. The summed E-state index contributed by atoms with van der Waals surface area (Å²) in [5.41, 5.74) is 9.17. The first-order valence-corrected chi connectivity index (χ1v) is 6.10. The second-order valence-electron chi connectivity index (χ2n) is 4.17. The van der Waals surface area contributed by atoms with Gasteiger partial charge in [0.1, 0.15) is 0 Å². The predicted molar refractivity (Wildman–Crippen MR) is 79.2 cm³/mol. The van der Waals surface area contributed by atoms with E-state index in [-0.39, 0.29) is 5.56 Å². The Labute approximate surface area is 120 Å². The fraction of sp³-hybridized carbons (Fsp3) is 0. The van der Waals surface area contributed by atoms with Crippen LogP contribution < -0.4 is 11.2 Å². The number of carboxylic acid groups (broad SMARTS) is 1. The number of nitrogens with zero attached hydrogens (tertiary/aromatic N) is 1. The first kappa shape index (κ1) is 14.3. The summed E-state index contributed by atoms with van der Waals surface area (Å²) < 4.78 is 0. The smallest absolute Gasteiger partial charge is 0.336 e. The molecular weight excluding hydrogens is 270 g/mol. The van der Waals surface area contributed by atoms with Crippen molar-refractivity contribution in [3.05, 3.63) is 59.7 Å². The number of nitrogens with two attached hydrogens (primary N) is 1. The van der Waals surface area contributed by atoms with E-state index < -0.39 is 12.0 Å². The van der Waals surface area contributed by atoms with Crippen LogP contribution in [0.4, 0.5) is 4.79 Å². The van der Waals surface area contributed by atoms with E-state index >= 15 is 0 Å². The number of hydrogen-bond donors (Lipinski definition) is 3. The Morgan fingerprint density at radius 1 is 1.05 bits per heavy atom. The van der Waals surface area contributed by atoms with Gasteiger partial charge < -0.3 is 10.8 Å². The summed E-state index contributed by atoms with van der Waals surface area (Å²) in [4.78, 5) is 21.9. The van der Waals surface area contributed by atoms with Crippen LogP contribution in [0.1, 0.15) is 15.9 Å². The quantitative estimate of drug-likeness (QED) is 0.590. The molecule has 0 unspecified atom stereocenters. The van der Waals surface area contributed by atoms with Crippen molar-refractivity contribution in [3.63, 3.8) is 0 Å². The Hall–Kier alpha value is -3.15. The Bertz CT molecular complexity index is 711. The maximum atomic E-state index is 11.3. The topological polar surface area (TPSA) is 105 Å². The van der Waals surface area contributed by atoms with Crippen molar-refractivity contribution in [3.8, 4) is 11.1 Å². The highest BCUT2D eigenvalue weighted by Crippen LogP contribution is 2.26. The fourth-order valence-electron chi connectivity index (χ4n) is 1.92. The first-order valence-electron chi connectivity index (χ1n) is 6.10. The van der Waals surface area contributed by atoms with Gasteiger partial charge in [0.15, 0.2) is 0 Å². The minimum absolute atomic E-state index is 0.196. The summed E-state index contributed by atoms with van der Waals surface area (Å²) in [6.45, 7) is 0. The number of carbonyl (C=O) groups is 2. The molecule has 2 rings (SSSR count). The normalized spacial score (nSPS) is 10.5. The maximum absolute atomic E-state index is 11.3. The van der Waals surface area contributed by atoms with Gasteiger partial charge >= 0.3 is 12.0 Å². The van der Waals surface area contributed by atoms with Gasteiger partial charge in [-0.05, 0) is 17.2 Å². The number of primary amides is 1. The van der Waals surface area contributed by atoms with E-state index in [0.717, 1.165) is 0 Å². The van der Waals surface area contributed by atoms with Crippen LogP contribution in [0.5, 0.6) is 0 Å². The zero-order valence-electron chi connectivity index (χ0n) is 11.0. The molecule has 21 heavy (non-hydrogen) atoms. The second kappa shape index (κ2) is 6.33. The number of rotatable bonds is 4. The molecule has 0 saturated carbocycles. The van der Waals surface area contributed by atoms with Gasteiger partial charge in [-0.15, -0.1) is 0 Å². The number of aromatic carboxylic acids is 1. The third-order valence-corrected chi connectivity index (χ3v) is 2.79. The molecule has 106 valence electrons. The van der Waals surface area contributed by atoms with Gasteiger partial charge in [0.25, 0.3) is 0 Å². The maximum Gasteiger partial charge on any atom is 0.336 e. The summed E-state index contributed by atoms with van der Waals surface area (Å²) in [5, 5.41) is 13.0. The number of carbonyl (C=O) groups excluding carboxylic acids is 1. The monoisotopic (exact) mass is 283 g/mol. The molecule has 0 radical (unpaired) electrons. The van der Waals surface area contributed by atoms with Crippen LogP contribution in [0.15, 0.2) is 53.6 Å². The number of hydrogen-bond acceptors (Lipinski definition) is 3. The van der Waals surface area contributed by atoms with Crippen LogP contribution in [0, 0.1) is 0 Å². The van der Waals surface area contributed by atoms with E-state index in [1.807, 2.05) is 0 Å². The fourth-order valence-corrected chi connectivity index (χ4v) is 1.92. The molecule has 0 aliphatic carbocycles. The molecule has 0 fully saturated rings. The largest absolute Gasteiger partial charge is 0.478 e. The predicted octanol–water partition coefficient (Wildman–Crippen LogP) is 2.05. The van der Waals surface area contributed by atoms with Gasteiger partial charge in [0, 0.05) is 5.56 Å². The summed E-state index contributed by atoms with van der Waals surface area (Å²) >= 11 is 0. The van der Waals surface area contributed by atoms with E-state index in [2.05, 4.69) is 10.5 Å². The third kappa shape index (κ3) is 3.44. The zero-order valence-corrected chi connectivity index (χ0v) is 11.0. The Balaban J connectivity index is 2.48. The molecule has 0 bridgehead atoms. The van der Waals surface area contributed by atoms with Crippen LogP contribution in [0.25, 0.3) is 11.1 Å². The van der Waals surface area contributed by atoms with Gasteiger partial charge in [0.05, 0.1) is 11.8 Å². The molecule has 2 amide bonds. The van der Waals surface area contributed by atoms with Crippen molar-refractivity contribution in [2.24, 2.45) is 10.8 Å². The summed E-state index contributed by atoms with van der Waals surface area (Å²) in [6.07, 6.45) is 1.42. The van der Waals surface area contributed by atoms with Crippen molar-refractivity contribution in [1.82, 2.24) is 5.43 Å². The standard InChI is InChI=1S/C15H13N3O3/c16-15(21)18-17-9-10-5-1-2-6-11(10)12-7-3-4-8-13(12)14(19)20/h1-9H,(H,19,20)(H3,16,18,21). The average molecular weight is 283 g/mol. The van der Waals surface area contributed by atoms with Crippen LogP contribution in [-0.2, 0) is 0 Å². The van der Waals surface area contributed by atoms with Crippen molar-refractivity contribution >= 4 is 18.2 Å². The lowest BCUT2D eigenvalue weighted by Gasteiger charge is -2.09. The molecular formula is C15H13N3O3. The molecule has 0 saturated heterocycles. The van der Waals surface area contributed by atoms with Crippen molar-refractivity contribution in [1.29, 1.82) is 0 Å². The highest BCUT2D eigenvalue weighted by molar-refractivity contribution is 6.00. The molecule has 2 aromatic rings. The van der Waals surface area contributed by atoms with Crippen molar-refractivity contribution < 1.29 is 14.7 Å². The van der Waals surface area contributed by atoms with Gasteiger partial charge in [0.2, 0.25) is 0 Å². The molecule has 6 nitrogen and oxygen atoms in total. The minimum Gasteiger partial charge on any atom is -0.478 e. The van der Waals surface area contributed by atoms with Gasteiger partial charge in [-0.3, -0.25) is 0 Å². The first-order chi connectivity index (χ1) is 10.1. The highest BCUT2D eigenvalue weighted by Gasteiger charge is 2.12. The summed E-state index contributed by atoms with van der Waals surface area (Å²) in [6, 6.07) is 13.1. The van der Waals surface area contributed by atoms with Gasteiger partial charge in [-0.2, -0.15) is 5.10 Å². The van der Waals surface area contributed by atoms with E-state index in [0.29, 0.717) is 16.7 Å². The molecule has 0 aliphatic heterocycles. The molecule has 0 aliphatic rings. The molecule has 4 N–H and O–H groups in total. The van der Waals surface area contributed by atoms with E-state index in [9.17, 15) is 14.7 Å². The number of nitrogens with one attached hydrogen (secondary N) is 1. The lowest BCUT2D eigenvalue weighted by molar-refractivity contribution is 0.0697. The van der Waals surface area contributed by atoms with Crippen LogP contribution in [-0.4, -0.2) is 23.3 Å². The van der Waals surface area contributed by atoms with Crippen LogP contribution >= 0.6 is 0 Å². The van der Waals surface area contributed by atoms with Crippen molar-refractivity contribution in [2.45, 2.75) is 0 Å². The van der Waals surface area contributed by atoms with E-state index in [1.165, 1.54) is 12.3 Å². The lowest BCUT2D eigenvalue weighted by Crippen LogP contribution is -2.24. The number of hydrazone groups is 1. The van der Waals surface area contributed by atoms with Crippen LogP contribution in [0.3, 0.4) is 0 Å². The Morgan fingerprint density at radius 2 is 1.67 bits per heavy atom. The molecule has 0 heterocycles. The average Bonchev–Trinajstić information content (AvgIpc) is 2.47. The number of carboxylic acids is 1. The van der Waals surface area contributed by atoms with E-state index in [1.54, 1.807) is 42.5 Å². The number of amides is 2. The molecule has 6 heteroatoms. The molecule has 0 atom stereocenters. The van der Waals surface area contributed by atoms with Gasteiger partial charge in [-0.1, -0.05) is 42.5 Å². The van der Waals surface area contributed by atoms with Gasteiger partial charge in [-0.25, -0.2) is 15.0 Å². The third-order valence-electron chi connectivity index (χ3n) is 2.79. The number of benzene rings is 2. The minimum atomic E-state index is -1.01.